The van der Waals surface area contributed by atoms with E-state index >= 15 is 0 Å². The van der Waals surface area contributed by atoms with E-state index in [1.807, 2.05) is 18.2 Å². The molecule has 1 aliphatic carbocycles. The third-order valence-electron chi connectivity index (χ3n) is 3.78. The van der Waals surface area contributed by atoms with Crippen LogP contribution in [0.1, 0.15) is 31.2 Å². The zero-order valence-corrected chi connectivity index (χ0v) is 11.3. The summed E-state index contributed by atoms with van der Waals surface area (Å²) in [5.74, 6) is 0.649. The van der Waals surface area contributed by atoms with E-state index in [0.717, 1.165) is 19.5 Å². The molecular weight excluding hydrogens is 236 g/mol. The van der Waals surface area contributed by atoms with E-state index in [1.54, 1.807) is 0 Å². The maximum atomic E-state index is 9.63. The molecule has 1 unspecified atom stereocenters. The van der Waals surface area contributed by atoms with Gasteiger partial charge >= 0.3 is 0 Å². The Bertz CT molecular complexity index is 409. The van der Waals surface area contributed by atoms with Crippen LogP contribution in [0.3, 0.4) is 0 Å². The molecule has 1 aromatic rings. The first-order valence-corrected chi connectivity index (χ1v) is 7.11. The molecule has 3 nitrogen and oxygen atoms in total. The second-order valence-electron chi connectivity index (χ2n) is 5.31. The number of nitrogens with zero attached hydrogens (tertiary/aromatic N) is 2. The van der Waals surface area contributed by atoms with Crippen LogP contribution in [0.5, 0.6) is 0 Å². The molecule has 1 atom stereocenters. The highest BCUT2D eigenvalue weighted by Gasteiger charge is 2.34. The number of aliphatic hydroxyl groups excluding tert-OH is 1. The van der Waals surface area contributed by atoms with Gasteiger partial charge in [0.15, 0.2) is 0 Å². The Balaban J connectivity index is 1.98. The Labute approximate surface area is 115 Å². The van der Waals surface area contributed by atoms with Crippen LogP contribution in [0.4, 0.5) is 0 Å². The fourth-order valence-corrected chi connectivity index (χ4v) is 2.58. The van der Waals surface area contributed by atoms with Crippen LogP contribution in [0.15, 0.2) is 30.3 Å². The first kappa shape index (κ1) is 14.0. The van der Waals surface area contributed by atoms with E-state index in [-0.39, 0.29) is 12.6 Å². The quantitative estimate of drug-likeness (QED) is 0.729. The largest absolute Gasteiger partial charge is 0.395 e. The molecule has 3 heteroatoms. The highest BCUT2D eigenvalue weighted by molar-refractivity contribution is 5.14. The molecule has 2 rings (SSSR count). The van der Waals surface area contributed by atoms with E-state index in [1.165, 1.54) is 18.4 Å². The summed E-state index contributed by atoms with van der Waals surface area (Å²) >= 11 is 0. The van der Waals surface area contributed by atoms with Crippen molar-refractivity contribution >= 4 is 0 Å². The summed E-state index contributed by atoms with van der Waals surface area (Å²) < 4.78 is 0. The monoisotopic (exact) mass is 258 g/mol. The average Bonchev–Trinajstić information content (AvgIpc) is 3.25. The smallest absolute Gasteiger partial charge is 0.0622 e. The highest BCUT2D eigenvalue weighted by atomic mass is 16.3. The lowest BCUT2D eigenvalue weighted by Crippen LogP contribution is -2.39. The fourth-order valence-electron chi connectivity index (χ4n) is 2.58. The van der Waals surface area contributed by atoms with Gasteiger partial charge in [-0.25, -0.2) is 0 Å². The minimum absolute atomic E-state index is 0.226. The lowest BCUT2D eigenvalue weighted by atomic mass is 10.1. The Morgan fingerprint density at radius 1 is 1.32 bits per heavy atom. The van der Waals surface area contributed by atoms with Crippen molar-refractivity contribution < 1.29 is 5.11 Å². The predicted octanol–water partition coefficient (Wildman–Crippen LogP) is 2.56. The topological polar surface area (TPSA) is 47.3 Å². The molecule has 0 heterocycles. The standard InChI is InChI=1S/C16H22N2O/c17-10-4-5-11-18(16(13-19)15-8-9-15)12-14-6-2-1-3-7-14/h1-3,6-7,15-16,19H,4-5,8-9,11-13H2. The molecule has 19 heavy (non-hydrogen) atoms. The minimum Gasteiger partial charge on any atom is -0.395 e. The number of unbranched alkanes of at least 4 members (excludes halogenated alkanes) is 1. The summed E-state index contributed by atoms with van der Waals surface area (Å²) in [6.07, 6.45) is 3.93. The average molecular weight is 258 g/mol. The van der Waals surface area contributed by atoms with Crippen LogP contribution in [0.25, 0.3) is 0 Å². The highest BCUT2D eigenvalue weighted by Crippen LogP contribution is 2.35. The van der Waals surface area contributed by atoms with Crippen molar-refractivity contribution in [3.8, 4) is 6.07 Å². The number of hydrogen-bond donors (Lipinski definition) is 1. The van der Waals surface area contributed by atoms with Crippen LogP contribution < -0.4 is 0 Å². The van der Waals surface area contributed by atoms with Gasteiger partial charge < -0.3 is 5.11 Å². The van der Waals surface area contributed by atoms with E-state index in [4.69, 9.17) is 5.26 Å². The molecule has 1 fully saturated rings. The SMILES string of the molecule is N#CCCCN(Cc1ccccc1)C(CO)C1CC1. The Hall–Kier alpha value is -1.37. The van der Waals surface area contributed by atoms with Gasteiger partial charge in [0.2, 0.25) is 0 Å². The van der Waals surface area contributed by atoms with E-state index in [9.17, 15) is 5.11 Å². The minimum atomic E-state index is 0.226. The van der Waals surface area contributed by atoms with Crippen LogP contribution in [0.2, 0.25) is 0 Å². The molecule has 1 N–H and O–H groups in total. The third kappa shape index (κ3) is 4.34. The van der Waals surface area contributed by atoms with Crippen LogP contribution in [-0.2, 0) is 6.54 Å². The molecule has 0 spiro atoms. The number of rotatable bonds is 8. The van der Waals surface area contributed by atoms with Crippen LogP contribution >= 0.6 is 0 Å². The zero-order chi connectivity index (χ0) is 13.5. The molecule has 0 radical (unpaired) electrons. The lowest BCUT2D eigenvalue weighted by Gasteiger charge is -2.30. The molecule has 102 valence electrons. The van der Waals surface area contributed by atoms with Crippen molar-refractivity contribution in [3.63, 3.8) is 0 Å². The van der Waals surface area contributed by atoms with Gasteiger partial charge in [-0.2, -0.15) is 5.26 Å². The second kappa shape index (κ2) is 7.28. The van der Waals surface area contributed by atoms with Gasteiger partial charge in [0, 0.05) is 19.0 Å². The Morgan fingerprint density at radius 3 is 2.63 bits per heavy atom. The molecule has 0 bridgehead atoms. The predicted molar refractivity (Wildman–Crippen MR) is 75.3 cm³/mol. The van der Waals surface area contributed by atoms with Gasteiger partial charge in [-0.1, -0.05) is 30.3 Å². The number of nitriles is 1. The molecule has 1 saturated carbocycles. The van der Waals surface area contributed by atoms with E-state index in [0.29, 0.717) is 12.3 Å². The summed E-state index contributed by atoms with van der Waals surface area (Å²) in [5, 5.41) is 18.3. The molecule has 0 aliphatic heterocycles. The summed E-state index contributed by atoms with van der Waals surface area (Å²) in [6, 6.07) is 12.8. The molecule has 1 aromatic carbocycles. The summed E-state index contributed by atoms with van der Waals surface area (Å²) in [4.78, 5) is 2.35. The van der Waals surface area contributed by atoms with Crippen molar-refractivity contribution in [3.05, 3.63) is 35.9 Å². The number of benzene rings is 1. The molecule has 0 saturated heterocycles. The third-order valence-corrected chi connectivity index (χ3v) is 3.78. The maximum Gasteiger partial charge on any atom is 0.0622 e. The lowest BCUT2D eigenvalue weighted by molar-refractivity contribution is 0.100. The number of aliphatic hydroxyl groups is 1. The van der Waals surface area contributed by atoms with E-state index < -0.39 is 0 Å². The normalized spacial score (nSPS) is 16.3. The molecule has 0 amide bonds. The van der Waals surface area contributed by atoms with Crippen molar-refractivity contribution in [2.75, 3.05) is 13.2 Å². The Morgan fingerprint density at radius 2 is 2.05 bits per heavy atom. The fraction of sp³-hybridized carbons (Fsp3) is 0.562. The van der Waals surface area contributed by atoms with Crippen LogP contribution in [0, 0.1) is 17.2 Å². The maximum absolute atomic E-state index is 9.63. The second-order valence-corrected chi connectivity index (χ2v) is 5.31. The summed E-state index contributed by atoms with van der Waals surface area (Å²) in [5.41, 5.74) is 1.28. The molecular formula is C16H22N2O. The summed E-state index contributed by atoms with van der Waals surface area (Å²) in [7, 11) is 0. The molecule has 1 aliphatic rings. The van der Waals surface area contributed by atoms with Crippen molar-refractivity contribution in [1.29, 1.82) is 5.26 Å². The van der Waals surface area contributed by atoms with Gasteiger partial charge in [0.1, 0.15) is 0 Å². The first-order valence-electron chi connectivity index (χ1n) is 7.11. The van der Waals surface area contributed by atoms with Crippen LogP contribution in [-0.4, -0.2) is 29.2 Å². The van der Waals surface area contributed by atoms with Crippen molar-refractivity contribution in [2.45, 2.75) is 38.3 Å². The van der Waals surface area contributed by atoms with Gasteiger partial charge in [-0.15, -0.1) is 0 Å². The number of hydrogen-bond acceptors (Lipinski definition) is 3. The van der Waals surface area contributed by atoms with E-state index in [2.05, 4.69) is 23.1 Å². The Kier molecular flexibility index (Phi) is 5.38. The molecule has 0 aromatic heterocycles. The van der Waals surface area contributed by atoms with Gasteiger partial charge in [-0.3, -0.25) is 4.90 Å². The first-order chi connectivity index (χ1) is 9.35. The zero-order valence-electron chi connectivity index (χ0n) is 11.3. The van der Waals surface area contributed by atoms with Crippen molar-refractivity contribution in [2.24, 2.45) is 5.92 Å². The van der Waals surface area contributed by atoms with Gasteiger partial charge in [0.05, 0.1) is 12.7 Å². The van der Waals surface area contributed by atoms with Crippen molar-refractivity contribution in [1.82, 2.24) is 4.90 Å². The van der Waals surface area contributed by atoms with Gasteiger partial charge in [0.25, 0.3) is 0 Å². The summed E-state index contributed by atoms with van der Waals surface area (Å²) in [6.45, 7) is 1.99. The van der Waals surface area contributed by atoms with Gasteiger partial charge in [-0.05, 0) is 37.3 Å².